The van der Waals surface area contributed by atoms with Gasteiger partial charge in [0.2, 0.25) is 0 Å². The molecule has 1 amide bonds. The average molecular weight is 240 g/mol. The maximum absolute atomic E-state index is 11.1. The largest absolute Gasteiger partial charge is 0.398 e. The van der Waals surface area contributed by atoms with Crippen LogP contribution in [0.3, 0.4) is 0 Å². The number of rotatable bonds is 6. The Bertz CT molecular complexity index is 369. The third-order valence-corrected chi connectivity index (χ3v) is 3.13. The summed E-state index contributed by atoms with van der Waals surface area (Å²) < 4.78 is 4.95. The van der Waals surface area contributed by atoms with Crippen LogP contribution >= 0.6 is 11.8 Å². The third-order valence-electron chi connectivity index (χ3n) is 2.05. The van der Waals surface area contributed by atoms with Crippen LogP contribution < -0.4 is 11.5 Å². The van der Waals surface area contributed by atoms with E-state index in [-0.39, 0.29) is 0 Å². The number of hydrogen-bond acceptors (Lipinski definition) is 4. The van der Waals surface area contributed by atoms with Crippen molar-refractivity contribution in [1.29, 1.82) is 0 Å². The number of amides is 1. The second-order valence-corrected chi connectivity index (χ2v) is 4.48. The number of thioether (sulfide) groups is 1. The Morgan fingerprint density at radius 2 is 2.25 bits per heavy atom. The van der Waals surface area contributed by atoms with Gasteiger partial charge in [-0.25, -0.2) is 0 Å². The first kappa shape index (κ1) is 12.9. The van der Waals surface area contributed by atoms with E-state index in [0.29, 0.717) is 11.3 Å². The minimum Gasteiger partial charge on any atom is -0.398 e. The highest BCUT2D eigenvalue weighted by Crippen LogP contribution is 2.23. The van der Waals surface area contributed by atoms with E-state index < -0.39 is 5.91 Å². The number of hydrogen-bond donors (Lipinski definition) is 2. The molecule has 0 saturated heterocycles. The van der Waals surface area contributed by atoms with Crippen LogP contribution in [0.25, 0.3) is 0 Å². The van der Waals surface area contributed by atoms with Crippen molar-refractivity contribution in [3.63, 3.8) is 0 Å². The molecule has 0 aliphatic heterocycles. The average Bonchev–Trinajstić information content (AvgIpc) is 2.26. The first-order valence-corrected chi connectivity index (χ1v) is 5.94. The molecule has 0 bridgehead atoms. The lowest BCUT2D eigenvalue weighted by atomic mass is 10.2. The monoisotopic (exact) mass is 240 g/mol. The van der Waals surface area contributed by atoms with E-state index in [9.17, 15) is 4.79 Å². The SMILES string of the molecule is COCCCSc1ccc(N)c(C(N)=O)c1. The third kappa shape index (κ3) is 3.75. The summed E-state index contributed by atoms with van der Waals surface area (Å²) in [6, 6.07) is 5.33. The predicted molar refractivity (Wildman–Crippen MR) is 66.6 cm³/mol. The zero-order valence-electron chi connectivity index (χ0n) is 9.23. The minimum atomic E-state index is -0.489. The fourth-order valence-corrected chi connectivity index (χ4v) is 2.10. The second-order valence-electron chi connectivity index (χ2n) is 3.31. The summed E-state index contributed by atoms with van der Waals surface area (Å²) in [6.07, 6.45) is 0.970. The quantitative estimate of drug-likeness (QED) is 0.448. The van der Waals surface area contributed by atoms with Gasteiger partial charge in [-0.15, -0.1) is 11.8 Å². The van der Waals surface area contributed by atoms with Gasteiger partial charge in [0.15, 0.2) is 0 Å². The van der Waals surface area contributed by atoms with Crippen LogP contribution in [-0.4, -0.2) is 25.4 Å². The fourth-order valence-electron chi connectivity index (χ4n) is 1.23. The van der Waals surface area contributed by atoms with E-state index in [2.05, 4.69) is 0 Å². The molecule has 0 aromatic heterocycles. The number of methoxy groups -OCH3 is 1. The normalized spacial score (nSPS) is 10.3. The zero-order chi connectivity index (χ0) is 12.0. The molecule has 0 aliphatic carbocycles. The van der Waals surface area contributed by atoms with Crippen molar-refractivity contribution >= 4 is 23.4 Å². The highest BCUT2D eigenvalue weighted by molar-refractivity contribution is 7.99. The highest BCUT2D eigenvalue weighted by atomic mass is 32.2. The summed E-state index contributed by atoms with van der Waals surface area (Å²) >= 11 is 1.66. The Morgan fingerprint density at radius 1 is 1.50 bits per heavy atom. The molecule has 0 heterocycles. The van der Waals surface area contributed by atoms with Crippen molar-refractivity contribution in [2.75, 3.05) is 25.2 Å². The summed E-state index contributed by atoms with van der Waals surface area (Å²) in [5.74, 6) is 0.451. The Balaban J connectivity index is 2.61. The molecule has 5 heteroatoms. The molecular formula is C11H16N2O2S. The summed E-state index contributed by atoms with van der Waals surface area (Å²) in [7, 11) is 1.68. The number of anilines is 1. The number of carbonyl (C=O) groups excluding carboxylic acids is 1. The lowest BCUT2D eigenvalue weighted by Crippen LogP contribution is -2.13. The maximum Gasteiger partial charge on any atom is 0.250 e. The summed E-state index contributed by atoms with van der Waals surface area (Å²) in [5, 5.41) is 0. The van der Waals surface area contributed by atoms with E-state index in [1.807, 2.05) is 6.07 Å². The Kier molecular flexibility index (Phi) is 5.14. The molecular weight excluding hydrogens is 224 g/mol. The van der Waals surface area contributed by atoms with E-state index in [1.54, 1.807) is 31.0 Å². The zero-order valence-corrected chi connectivity index (χ0v) is 10.0. The number of nitrogens with two attached hydrogens (primary N) is 2. The smallest absolute Gasteiger partial charge is 0.250 e. The van der Waals surface area contributed by atoms with Crippen LogP contribution in [0, 0.1) is 0 Å². The van der Waals surface area contributed by atoms with Crippen LogP contribution in [0.15, 0.2) is 23.1 Å². The Hall–Kier alpha value is -1.20. The van der Waals surface area contributed by atoms with Gasteiger partial charge in [-0.2, -0.15) is 0 Å². The van der Waals surface area contributed by atoms with Crippen LogP contribution in [0.2, 0.25) is 0 Å². The van der Waals surface area contributed by atoms with Crippen molar-refractivity contribution < 1.29 is 9.53 Å². The molecule has 0 unspecified atom stereocenters. The lowest BCUT2D eigenvalue weighted by molar-refractivity contribution is 0.100. The van der Waals surface area contributed by atoms with Crippen molar-refractivity contribution in [3.8, 4) is 0 Å². The van der Waals surface area contributed by atoms with Gasteiger partial charge in [0, 0.05) is 30.1 Å². The van der Waals surface area contributed by atoms with Crippen molar-refractivity contribution in [2.24, 2.45) is 5.73 Å². The van der Waals surface area contributed by atoms with Crippen LogP contribution in [0.4, 0.5) is 5.69 Å². The first-order chi connectivity index (χ1) is 7.65. The molecule has 0 fully saturated rings. The van der Waals surface area contributed by atoms with Crippen molar-refractivity contribution in [2.45, 2.75) is 11.3 Å². The highest BCUT2D eigenvalue weighted by Gasteiger charge is 2.06. The van der Waals surface area contributed by atoms with E-state index in [0.717, 1.165) is 23.7 Å². The molecule has 88 valence electrons. The van der Waals surface area contributed by atoms with E-state index in [1.165, 1.54) is 0 Å². The van der Waals surface area contributed by atoms with Gasteiger partial charge in [0.05, 0.1) is 5.56 Å². The first-order valence-electron chi connectivity index (χ1n) is 4.96. The molecule has 0 atom stereocenters. The van der Waals surface area contributed by atoms with Crippen LogP contribution in [-0.2, 0) is 4.74 Å². The maximum atomic E-state index is 11.1. The Labute approximate surface area is 99.3 Å². The van der Waals surface area contributed by atoms with Gasteiger partial charge >= 0.3 is 0 Å². The van der Waals surface area contributed by atoms with Gasteiger partial charge in [-0.1, -0.05) is 0 Å². The van der Waals surface area contributed by atoms with E-state index in [4.69, 9.17) is 16.2 Å². The fraction of sp³-hybridized carbons (Fsp3) is 0.364. The van der Waals surface area contributed by atoms with E-state index >= 15 is 0 Å². The summed E-state index contributed by atoms with van der Waals surface area (Å²) in [5.41, 5.74) is 11.7. The minimum absolute atomic E-state index is 0.386. The summed E-state index contributed by atoms with van der Waals surface area (Å²) in [4.78, 5) is 12.1. The molecule has 16 heavy (non-hydrogen) atoms. The molecule has 0 aliphatic rings. The van der Waals surface area contributed by atoms with Gasteiger partial charge in [0.25, 0.3) is 5.91 Å². The number of ether oxygens (including phenoxy) is 1. The molecule has 1 aromatic carbocycles. The number of carbonyl (C=O) groups is 1. The van der Waals surface area contributed by atoms with Crippen LogP contribution in [0.5, 0.6) is 0 Å². The second kappa shape index (κ2) is 6.40. The number of benzene rings is 1. The van der Waals surface area contributed by atoms with Gasteiger partial charge in [0.1, 0.15) is 0 Å². The molecule has 0 saturated carbocycles. The topological polar surface area (TPSA) is 78.3 Å². The molecule has 0 spiro atoms. The molecule has 4 nitrogen and oxygen atoms in total. The molecule has 1 aromatic rings. The van der Waals surface area contributed by atoms with Crippen molar-refractivity contribution in [3.05, 3.63) is 23.8 Å². The van der Waals surface area contributed by atoms with Crippen LogP contribution in [0.1, 0.15) is 16.8 Å². The van der Waals surface area contributed by atoms with Gasteiger partial charge in [-0.05, 0) is 24.6 Å². The van der Waals surface area contributed by atoms with Gasteiger partial charge < -0.3 is 16.2 Å². The summed E-state index contributed by atoms with van der Waals surface area (Å²) in [6.45, 7) is 0.741. The standard InChI is InChI=1S/C11H16N2O2S/c1-15-5-2-6-16-8-3-4-10(12)9(7-8)11(13)14/h3-4,7H,2,5-6,12H2,1H3,(H2,13,14). The molecule has 4 N–H and O–H groups in total. The van der Waals surface area contributed by atoms with Gasteiger partial charge in [-0.3, -0.25) is 4.79 Å². The number of primary amides is 1. The Morgan fingerprint density at radius 3 is 2.88 bits per heavy atom. The predicted octanol–water partition coefficient (Wildman–Crippen LogP) is 1.50. The molecule has 1 rings (SSSR count). The number of nitrogen functional groups attached to an aromatic ring is 1. The van der Waals surface area contributed by atoms with Crippen molar-refractivity contribution in [1.82, 2.24) is 0 Å². The molecule has 0 radical (unpaired) electrons. The lowest BCUT2D eigenvalue weighted by Gasteiger charge is -2.05.